The molecule has 0 spiro atoms. The molecular weight excluding hydrogens is 166 g/mol. The van der Waals surface area contributed by atoms with Crippen LogP contribution in [0.1, 0.15) is 6.42 Å². The van der Waals surface area contributed by atoms with Gasteiger partial charge in [-0.15, -0.1) is 0 Å². The Morgan fingerprint density at radius 1 is 1.67 bits per heavy atom. The average molecular weight is 170 g/mol. The highest BCUT2D eigenvalue weighted by Gasteiger charge is 2.35. The predicted molar refractivity (Wildman–Crippen MR) is 31.3 cm³/mol. The third-order valence-corrected chi connectivity index (χ3v) is 2.64. The van der Waals surface area contributed by atoms with Gasteiger partial charge in [0.1, 0.15) is 0 Å². The number of halogens is 1. The van der Waals surface area contributed by atoms with Crippen LogP contribution >= 0.6 is 10.7 Å². The first kappa shape index (κ1) is 6.82. The van der Waals surface area contributed by atoms with E-state index < -0.39 is 14.4 Å². The van der Waals surface area contributed by atoms with Gasteiger partial charge >= 0.3 is 0 Å². The zero-order chi connectivity index (χ0) is 7.07. The average Bonchev–Trinajstić information content (AvgIpc) is 1.55. The minimum absolute atomic E-state index is 0.00810. The smallest absolute Gasteiger partial charge is 0.254 e. The van der Waals surface area contributed by atoms with Crippen LogP contribution < -0.4 is 5.32 Å². The topological polar surface area (TPSA) is 63.2 Å². The highest BCUT2D eigenvalue weighted by molar-refractivity contribution is 8.14. The summed E-state index contributed by atoms with van der Waals surface area (Å²) in [4.78, 5) is 10.1. The van der Waals surface area contributed by atoms with Crippen LogP contribution in [-0.2, 0) is 13.8 Å². The summed E-state index contributed by atoms with van der Waals surface area (Å²) in [7, 11) is 1.30. The second-order valence-electron chi connectivity index (χ2n) is 1.74. The monoisotopic (exact) mass is 169 g/mol. The molecule has 1 unspecified atom stereocenters. The maximum absolute atomic E-state index is 10.3. The van der Waals surface area contributed by atoms with Crippen molar-refractivity contribution in [3.63, 3.8) is 0 Å². The second-order valence-corrected chi connectivity index (χ2v) is 4.55. The molecule has 0 aromatic carbocycles. The molecule has 1 aliphatic heterocycles. The molecule has 1 aliphatic rings. The number of carbonyl (C=O) groups excluding carboxylic acids is 1. The molecule has 0 bridgehead atoms. The van der Waals surface area contributed by atoms with Crippen molar-refractivity contribution in [2.75, 3.05) is 0 Å². The Labute approximate surface area is 56.6 Å². The summed E-state index contributed by atoms with van der Waals surface area (Å²) < 4.78 is 20.6. The molecule has 1 N–H and O–H groups in total. The maximum atomic E-state index is 10.3. The molecule has 1 heterocycles. The molecule has 1 rings (SSSR count). The van der Waals surface area contributed by atoms with Crippen LogP contribution in [0.25, 0.3) is 0 Å². The van der Waals surface area contributed by atoms with Crippen LogP contribution in [0.2, 0.25) is 0 Å². The highest BCUT2D eigenvalue weighted by Crippen LogP contribution is 2.14. The highest BCUT2D eigenvalue weighted by atomic mass is 35.7. The zero-order valence-corrected chi connectivity index (χ0v) is 5.87. The third-order valence-electron chi connectivity index (χ3n) is 1.03. The number of β-lactam (4-membered cyclic amide) rings is 1. The molecule has 6 heteroatoms. The first-order chi connectivity index (χ1) is 4.00. The normalized spacial score (nSPS) is 26.8. The van der Waals surface area contributed by atoms with E-state index in [-0.39, 0.29) is 12.3 Å². The molecule has 52 valence electrons. The van der Waals surface area contributed by atoms with E-state index in [9.17, 15) is 13.2 Å². The Kier molecular flexibility index (Phi) is 1.40. The number of nitrogens with one attached hydrogen (secondary N) is 1. The Bertz CT molecular complexity index is 225. The van der Waals surface area contributed by atoms with Crippen molar-refractivity contribution in [3.8, 4) is 0 Å². The SMILES string of the molecule is O=C1CC(S(=O)(=O)Cl)N1. The lowest BCUT2D eigenvalue weighted by Crippen LogP contribution is -2.51. The van der Waals surface area contributed by atoms with E-state index >= 15 is 0 Å². The van der Waals surface area contributed by atoms with E-state index in [1.165, 1.54) is 0 Å². The quantitative estimate of drug-likeness (QED) is 0.421. The summed E-state index contributed by atoms with van der Waals surface area (Å²) in [5.74, 6) is -0.274. The lowest BCUT2D eigenvalue weighted by molar-refractivity contribution is -0.126. The van der Waals surface area contributed by atoms with E-state index in [1.54, 1.807) is 0 Å². The lowest BCUT2D eigenvalue weighted by Gasteiger charge is -2.22. The summed E-state index contributed by atoms with van der Waals surface area (Å²) in [5.41, 5.74) is 0. The number of hydrogen-bond donors (Lipinski definition) is 1. The Morgan fingerprint density at radius 3 is 2.22 bits per heavy atom. The standard InChI is InChI=1S/C3H4ClNO3S/c4-9(7,8)3-1-2(6)5-3/h3H,1H2,(H,5,6). The van der Waals surface area contributed by atoms with Crippen molar-refractivity contribution in [3.05, 3.63) is 0 Å². The number of rotatable bonds is 1. The van der Waals surface area contributed by atoms with Gasteiger partial charge in [-0.2, -0.15) is 0 Å². The molecule has 9 heavy (non-hydrogen) atoms. The molecule has 4 nitrogen and oxygen atoms in total. The molecule has 1 saturated heterocycles. The van der Waals surface area contributed by atoms with Crippen LogP contribution in [0.15, 0.2) is 0 Å². The molecule has 0 aromatic rings. The summed E-state index contributed by atoms with van der Waals surface area (Å²) in [6.07, 6.45) is -0.00810. The fourth-order valence-electron chi connectivity index (χ4n) is 0.497. The second kappa shape index (κ2) is 1.85. The van der Waals surface area contributed by atoms with Crippen molar-refractivity contribution >= 4 is 25.6 Å². The summed E-state index contributed by atoms with van der Waals surface area (Å²) in [6.45, 7) is 0. The van der Waals surface area contributed by atoms with E-state index in [0.717, 1.165) is 0 Å². The Hall–Kier alpha value is -0.290. The van der Waals surface area contributed by atoms with Gasteiger partial charge in [0.2, 0.25) is 5.91 Å². The molecule has 0 aromatic heterocycles. The molecule has 1 fully saturated rings. The number of amides is 1. The lowest BCUT2D eigenvalue weighted by atomic mass is 10.3. The van der Waals surface area contributed by atoms with Crippen molar-refractivity contribution in [1.82, 2.24) is 5.32 Å². The van der Waals surface area contributed by atoms with Gasteiger partial charge in [0.05, 0.1) is 6.42 Å². The van der Waals surface area contributed by atoms with Crippen LogP contribution in [0, 0.1) is 0 Å². The van der Waals surface area contributed by atoms with Crippen LogP contribution in [-0.4, -0.2) is 19.7 Å². The van der Waals surface area contributed by atoms with Gasteiger partial charge in [-0.1, -0.05) is 0 Å². The Morgan fingerprint density at radius 2 is 2.11 bits per heavy atom. The van der Waals surface area contributed by atoms with Gasteiger partial charge in [0, 0.05) is 10.7 Å². The molecule has 1 amide bonds. The molecule has 0 radical (unpaired) electrons. The van der Waals surface area contributed by atoms with Gasteiger partial charge in [0.25, 0.3) is 9.05 Å². The van der Waals surface area contributed by atoms with Crippen LogP contribution in [0.5, 0.6) is 0 Å². The largest absolute Gasteiger partial charge is 0.338 e. The third kappa shape index (κ3) is 1.34. The van der Waals surface area contributed by atoms with E-state index in [1.807, 2.05) is 0 Å². The first-order valence-corrected chi connectivity index (χ1v) is 4.60. The summed E-state index contributed by atoms with van der Waals surface area (Å²) >= 11 is 0. The van der Waals surface area contributed by atoms with Gasteiger partial charge in [-0.05, 0) is 0 Å². The van der Waals surface area contributed by atoms with Crippen molar-refractivity contribution in [2.24, 2.45) is 0 Å². The zero-order valence-electron chi connectivity index (χ0n) is 4.30. The first-order valence-electron chi connectivity index (χ1n) is 2.23. The molecule has 0 aliphatic carbocycles. The summed E-state index contributed by atoms with van der Waals surface area (Å²) in [5, 5.41) is 1.27. The number of hydrogen-bond acceptors (Lipinski definition) is 3. The fraction of sp³-hybridized carbons (Fsp3) is 0.667. The van der Waals surface area contributed by atoms with Crippen LogP contribution in [0.4, 0.5) is 0 Å². The van der Waals surface area contributed by atoms with Crippen molar-refractivity contribution in [2.45, 2.75) is 11.8 Å². The van der Waals surface area contributed by atoms with Gasteiger partial charge in [-0.25, -0.2) is 8.42 Å². The van der Waals surface area contributed by atoms with E-state index in [4.69, 9.17) is 10.7 Å². The van der Waals surface area contributed by atoms with Crippen LogP contribution in [0.3, 0.4) is 0 Å². The molecular formula is C3H4ClNO3S. The van der Waals surface area contributed by atoms with Crippen molar-refractivity contribution in [1.29, 1.82) is 0 Å². The molecule has 0 saturated carbocycles. The maximum Gasteiger partial charge on any atom is 0.254 e. The van der Waals surface area contributed by atoms with E-state index in [0.29, 0.717) is 0 Å². The molecule has 1 atom stereocenters. The van der Waals surface area contributed by atoms with Gasteiger partial charge in [0.15, 0.2) is 5.37 Å². The minimum Gasteiger partial charge on any atom is -0.338 e. The summed E-state index contributed by atoms with van der Waals surface area (Å²) in [6, 6.07) is 0. The fourth-order valence-corrected chi connectivity index (χ4v) is 1.44. The van der Waals surface area contributed by atoms with E-state index in [2.05, 4.69) is 5.32 Å². The number of carbonyl (C=O) groups is 1. The van der Waals surface area contributed by atoms with Gasteiger partial charge < -0.3 is 5.32 Å². The Balaban J connectivity index is 2.61. The van der Waals surface area contributed by atoms with Gasteiger partial charge in [-0.3, -0.25) is 4.79 Å². The van der Waals surface area contributed by atoms with Crippen molar-refractivity contribution < 1.29 is 13.2 Å². The minimum atomic E-state index is -3.56. The predicted octanol–water partition coefficient (Wildman–Crippen LogP) is -0.599.